The summed E-state index contributed by atoms with van der Waals surface area (Å²) in [6.45, 7) is 2.12. The summed E-state index contributed by atoms with van der Waals surface area (Å²) in [4.78, 5) is 24.0. The zero-order valence-corrected chi connectivity index (χ0v) is 19.0. The van der Waals surface area contributed by atoms with Crippen LogP contribution < -0.4 is 0 Å². The van der Waals surface area contributed by atoms with Gasteiger partial charge in [0.1, 0.15) is 28.6 Å². The molecule has 0 saturated carbocycles. The number of hydrogen-bond donors (Lipinski definition) is 0. The first-order valence-electron chi connectivity index (χ1n) is 9.07. The van der Waals surface area contributed by atoms with E-state index in [1.165, 1.54) is 23.5 Å². The highest BCUT2D eigenvalue weighted by Gasteiger charge is 2.30. The summed E-state index contributed by atoms with van der Waals surface area (Å²) in [6, 6.07) is 3.66. The summed E-state index contributed by atoms with van der Waals surface area (Å²) in [7, 11) is -2.73. The molecule has 3 rings (SSSR count). The molecule has 9 nitrogen and oxygen atoms in total. The van der Waals surface area contributed by atoms with Gasteiger partial charge in [-0.3, -0.25) is 0 Å². The van der Waals surface area contributed by atoms with Crippen molar-refractivity contribution >= 4 is 45.2 Å². The minimum Gasteiger partial charge on any atom is -0.465 e. The van der Waals surface area contributed by atoms with Crippen molar-refractivity contribution in [2.24, 2.45) is 0 Å². The van der Waals surface area contributed by atoms with Crippen molar-refractivity contribution in [3.05, 3.63) is 50.9 Å². The van der Waals surface area contributed by atoms with E-state index in [2.05, 4.69) is 4.74 Å². The van der Waals surface area contributed by atoms with E-state index in [-0.39, 0.29) is 64.7 Å². The number of sulfonamides is 1. The second-order valence-electron chi connectivity index (χ2n) is 6.53. The summed E-state index contributed by atoms with van der Waals surface area (Å²) in [5.74, 6) is -0.954. The lowest BCUT2D eigenvalue weighted by Crippen LogP contribution is -2.40. The van der Waals surface area contributed by atoms with E-state index in [9.17, 15) is 18.0 Å². The van der Waals surface area contributed by atoms with Gasteiger partial charge in [-0.1, -0.05) is 23.2 Å². The predicted octanol–water partition coefficient (Wildman–Crippen LogP) is 3.06. The van der Waals surface area contributed by atoms with Gasteiger partial charge in [0.25, 0.3) is 0 Å². The Morgan fingerprint density at radius 2 is 1.74 bits per heavy atom. The van der Waals surface area contributed by atoms with E-state index >= 15 is 0 Å². The quantitative estimate of drug-likeness (QED) is 0.566. The van der Waals surface area contributed by atoms with Crippen LogP contribution in [0, 0.1) is 6.92 Å². The van der Waals surface area contributed by atoms with Crippen LogP contribution in [0.15, 0.2) is 27.5 Å². The number of morpholine rings is 1. The number of carbonyl (C=O) groups excluding carboxylic acids is 2. The van der Waals surface area contributed by atoms with Gasteiger partial charge in [0.05, 0.1) is 35.9 Å². The monoisotopic (exact) mass is 491 g/mol. The Labute approximate surface area is 188 Å². The van der Waals surface area contributed by atoms with Crippen molar-refractivity contribution in [1.82, 2.24) is 4.31 Å². The summed E-state index contributed by atoms with van der Waals surface area (Å²) < 4.78 is 47.5. The van der Waals surface area contributed by atoms with Crippen molar-refractivity contribution in [3.63, 3.8) is 0 Å². The Balaban J connectivity index is 1.82. The fourth-order valence-electron chi connectivity index (χ4n) is 2.95. The topological polar surface area (TPSA) is 112 Å². The van der Waals surface area contributed by atoms with Crippen LogP contribution in [-0.2, 0) is 30.8 Å². The molecule has 1 aromatic carbocycles. The zero-order valence-electron chi connectivity index (χ0n) is 16.6. The number of furan rings is 1. The predicted molar refractivity (Wildman–Crippen MR) is 110 cm³/mol. The number of rotatable bonds is 6. The van der Waals surface area contributed by atoms with Crippen molar-refractivity contribution < 1.29 is 36.6 Å². The minimum absolute atomic E-state index is 0.0678. The number of methoxy groups -OCH3 is 1. The maximum atomic E-state index is 12.9. The number of esters is 2. The van der Waals surface area contributed by atoms with Crippen LogP contribution in [0.5, 0.6) is 0 Å². The summed E-state index contributed by atoms with van der Waals surface area (Å²) in [5.41, 5.74) is 0.0336. The van der Waals surface area contributed by atoms with Gasteiger partial charge in [0, 0.05) is 13.1 Å². The number of aryl methyl sites for hydroxylation is 1. The molecule has 0 aliphatic carbocycles. The number of carbonyl (C=O) groups is 2. The molecule has 1 aliphatic heterocycles. The average Bonchev–Trinajstić information content (AvgIpc) is 3.12. The van der Waals surface area contributed by atoms with Gasteiger partial charge in [-0.2, -0.15) is 4.31 Å². The van der Waals surface area contributed by atoms with E-state index < -0.39 is 22.0 Å². The van der Waals surface area contributed by atoms with Crippen molar-refractivity contribution in [2.75, 3.05) is 33.4 Å². The molecule has 0 radical (unpaired) electrons. The summed E-state index contributed by atoms with van der Waals surface area (Å²) in [6.07, 6.45) is 0. The minimum atomic E-state index is -3.96. The van der Waals surface area contributed by atoms with E-state index in [4.69, 9.17) is 37.1 Å². The van der Waals surface area contributed by atoms with Crippen LogP contribution in [0.4, 0.5) is 0 Å². The second-order valence-corrected chi connectivity index (χ2v) is 9.25. The maximum Gasteiger partial charge on any atom is 0.341 e. The Hall–Kier alpha value is -2.11. The van der Waals surface area contributed by atoms with E-state index in [1.807, 2.05) is 0 Å². The van der Waals surface area contributed by atoms with Crippen LogP contribution >= 0.6 is 23.2 Å². The molecule has 0 N–H and O–H groups in total. The zero-order chi connectivity index (χ0) is 22.8. The molecule has 0 spiro atoms. The van der Waals surface area contributed by atoms with Crippen molar-refractivity contribution in [2.45, 2.75) is 18.4 Å². The third kappa shape index (κ3) is 5.04. The third-order valence-electron chi connectivity index (χ3n) is 4.55. The van der Waals surface area contributed by atoms with Gasteiger partial charge < -0.3 is 18.6 Å². The van der Waals surface area contributed by atoms with Gasteiger partial charge in [-0.15, -0.1) is 0 Å². The number of ether oxygens (including phenoxy) is 3. The van der Waals surface area contributed by atoms with Gasteiger partial charge in [-0.25, -0.2) is 18.0 Å². The van der Waals surface area contributed by atoms with Crippen molar-refractivity contribution in [1.29, 1.82) is 0 Å². The largest absolute Gasteiger partial charge is 0.465 e. The van der Waals surface area contributed by atoms with Gasteiger partial charge >= 0.3 is 11.9 Å². The van der Waals surface area contributed by atoms with Gasteiger partial charge in [0.2, 0.25) is 10.0 Å². The molecule has 1 saturated heterocycles. The lowest BCUT2D eigenvalue weighted by atomic mass is 10.2. The van der Waals surface area contributed by atoms with Gasteiger partial charge in [-0.05, 0) is 25.1 Å². The van der Waals surface area contributed by atoms with Crippen LogP contribution in [-0.4, -0.2) is 58.1 Å². The lowest BCUT2D eigenvalue weighted by Gasteiger charge is -2.26. The summed E-state index contributed by atoms with van der Waals surface area (Å²) >= 11 is 12.2. The maximum absolute atomic E-state index is 12.9. The molecule has 0 bridgehead atoms. The molecule has 0 atom stereocenters. The fraction of sp³-hybridized carbons (Fsp3) is 0.368. The van der Waals surface area contributed by atoms with E-state index in [0.29, 0.717) is 5.76 Å². The SMILES string of the molecule is COC(=O)c1cc(COC(=O)c2cc(S(=O)(=O)N3CCOCC3)c(Cl)cc2Cl)oc1C. The molecular weight excluding hydrogens is 473 g/mol. The van der Waals surface area contributed by atoms with Crippen LogP contribution in [0.25, 0.3) is 0 Å². The fourth-order valence-corrected chi connectivity index (χ4v) is 5.18. The van der Waals surface area contributed by atoms with Crippen LogP contribution in [0.2, 0.25) is 10.0 Å². The molecule has 2 aromatic rings. The van der Waals surface area contributed by atoms with E-state index in [0.717, 1.165) is 6.07 Å². The Morgan fingerprint density at radius 1 is 1.06 bits per heavy atom. The Morgan fingerprint density at radius 3 is 2.39 bits per heavy atom. The first kappa shape index (κ1) is 23.6. The molecule has 1 aromatic heterocycles. The number of benzene rings is 1. The highest BCUT2D eigenvalue weighted by Crippen LogP contribution is 2.31. The van der Waals surface area contributed by atoms with Crippen LogP contribution in [0.3, 0.4) is 0 Å². The lowest BCUT2D eigenvalue weighted by molar-refractivity contribution is 0.0443. The number of halogens is 2. The molecule has 2 heterocycles. The smallest absolute Gasteiger partial charge is 0.341 e. The Kier molecular flexibility index (Phi) is 7.28. The second kappa shape index (κ2) is 9.58. The first-order chi connectivity index (χ1) is 14.6. The average molecular weight is 492 g/mol. The molecule has 1 fully saturated rings. The van der Waals surface area contributed by atoms with Gasteiger partial charge in [0.15, 0.2) is 0 Å². The molecule has 1 aliphatic rings. The first-order valence-corrected chi connectivity index (χ1v) is 11.3. The van der Waals surface area contributed by atoms with Crippen molar-refractivity contribution in [3.8, 4) is 0 Å². The molecule has 0 amide bonds. The molecule has 12 heteroatoms. The normalized spacial score (nSPS) is 15.0. The Bertz CT molecular complexity index is 1110. The highest BCUT2D eigenvalue weighted by molar-refractivity contribution is 7.89. The molecular formula is C19H19Cl2NO8S. The third-order valence-corrected chi connectivity index (χ3v) is 7.23. The van der Waals surface area contributed by atoms with Crippen LogP contribution in [0.1, 0.15) is 32.2 Å². The van der Waals surface area contributed by atoms with E-state index in [1.54, 1.807) is 6.92 Å². The number of hydrogen-bond acceptors (Lipinski definition) is 8. The molecule has 168 valence electrons. The molecule has 0 unspecified atom stereocenters. The summed E-state index contributed by atoms with van der Waals surface area (Å²) in [5, 5.41) is -0.181. The number of nitrogens with zero attached hydrogens (tertiary/aromatic N) is 1. The highest BCUT2D eigenvalue weighted by atomic mass is 35.5. The molecule has 31 heavy (non-hydrogen) atoms. The standard InChI is InChI=1S/C19H19Cl2NO8S/c1-11-13(18(23)27-2)7-12(30-11)10-29-19(24)14-8-17(16(21)9-15(14)20)31(25,26)22-3-5-28-6-4-22/h7-9H,3-6,10H2,1-2H3.